The minimum atomic E-state index is 0.625. The first-order valence-corrected chi connectivity index (χ1v) is 2.88. The molecule has 1 heterocycles. The van der Waals surface area contributed by atoms with Crippen molar-refractivity contribution in [1.29, 1.82) is 0 Å². The van der Waals surface area contributed by atoms with Gasteiger partial charge in [-0.3, -0.25) is 10.3 Å². The van der Waals surface area contributed by atoms with Crippen molar-refractivity contribution >= 4 is 11.8 Å². The van der Waals surface area contributed by atoms with E-state index in [-0.39, 0.29) is 0 Å². The van der Waals surface area contributed by atoms with E-state index in [1.807, 2.05) is 6.26 Å². The van der Waals surface area contributed by atoms with Gasteiger partial charge in [-0.15, -0.1) is 11.8 Å². The Morgan fingerprint density at radius 2 is 2.57 bits per heavy atom. The van der Waals surface area contributed by atoms with Crippen LogP contribution >= 0.6 is 11.8 Å². The minimum Gasteiger partial charge on any atom is -0.325 e. The van der Waals surface area contributed by atoms with Crippen molar-refractivity contribution < 1.29 is 0 Å². The van der Waals surface area contributed by atoms with E-state index in [0.717, 1.165) is 0 Å². The van der Waals surface area contributed by atoms with Crippen LogP contribution in [-0.2, 0) is 0 Å². The Morgan fingerprint density at radius 1 is 1.71 bits per heavy atom. The molecule has 0 aromatic carbocycles. The van der Waals surface area contributed by atoms with Crippen molar-refractivity contribution in [3.05, 3.63) is 0 Å². The lowest BCUT2D eigenvalue weighted by molar-refractivity contribution is 0.870. The van der Waals surface area contributed by atoms with Crippen LogP contribution in [0.2, 0.25) is 0 Å². The molecule has 0 spiro atoms. The van der Waals surface area contributed by atoms with Crippen molar-refractivity contribution in [3.8, 4) is 0 Å². The first-order chi connectivity index (χ1) is 3.43. The molecule has 0 bridgehead atoms. The molecule has 7 heavy (non-hydrogen) atoms. The molecule has 1 rings (SSSR count). The van der Waals surface area contributed by atoms with Crippen LogP contribution < -0.4 is 5.10 Å². The Morgan fingerprint density at radius 3 is 2.86 bits per heavy atom. The van der Waals surface area contributed by atoms with E-state index >= 15 is 0 Å². The van der Waals surface area contributed by atoms with Gasteiger partial charge in [0.15, 0.2) is 0 Å². The molecule has 4 nitrogen and oxygen atoms in total. The molecule has 0 amide bonds. The highest BCUT2D eigenvalue weighted by Crippen LogP contribution is 2.00. The molecule has 0 aliphatic carbocycles. The van der Waals surface area contributed by atoms with Crippen LogP contribution in [0.25, 0.3) is 0 Å². The molecule has 0 fully saturated rings. The van der Waals surface area contributed by atoms with Gasteiger partial charge in [0.05, 0.1) is 5.16 Å². The second-order valence-electron chi connectivity index (χ2n) is 0.866. The second-order valence-corrected chi connectivity index (χ2v) is 1.64. The summed E-state index contributed by atoms with van der Waals surface area (Å²) in [6.07, 6.45) is 1.87. The fourth-order valence-electron chi connectivity index (χ4n) is 0.218. The van der Waals surface area contributed by atoms with Crippen LogP contribution in [0.5, 0.6) is 0 Å². The highest BCUT2D eigenvalue weighted by Gasteiger charge is 1.75. The number of nitrogens with zero attached hydrogens (tertiary/aromatic N) is 4. The van der Waals surface area contributed by atoms with Crippen molar-refractivity contribution in [1.82, 2.24) is 20.6 Å². The molecule has 0 saturated heterocycles. The van der Waals surface area contributed by atoms with Crippen molar-refractivity contribution in [2.75, 3.05) is 6.26 Å². The monoisotopic (exact) mass is 115 g/mol. The number of hydrogen-bond acceptors (Lipinski definition) is 4. The molecule has 0 radical (unpaired) electrons. The van der Waals surface area contributed by atoms with E-state index in [2.05, 4.69) is 20.6 Å². The van der Waals surface area contributed by atoms with Crippen LogP contribution in [0, 0.1) is 0 Å². The van der Waals surface area contributed by atoms with Gasteiger partial charge in [-0.25, -0.2) is 0 Å². The molecule has 0 unspecified atom stereocenters. The molecule has 1 aromatic heterocycles. The highest BCUT2D eigenvalue weighted by molar-refractivity contribution is 7.98. The molecule has 0 atom stereocenters. The molecule has 38 valence electrons. The summed E-state index contributed by atoms with van der Waals surface area (Å²) in [6, 6.07) is 0. The van der Waals surface area contributed by atoms with E-state index in [1.54, 1.807) is 0 Å². The van der Waals surface area contributed by atoms with Crippen LogP contribution in [0.1, 0.15) is 0 Å². The lowest BCUT2D eigenvalue weighted by Gasteiger charge is -1.84. The van der Waals surface area contributed by atoms with E-state index in [0.29, 0.717) is 5.16 Å². The van der Waals surface area contributed by atoms with Crippen LogP contribution in [0.15, 0.2) is 5.16 Å². The number of rotatable bonds is 1. The number of tetrazole rings is 1. The summed E-state index contributed by atoms with van der Waals surface area (Å²) in [4.78, 5) is 0. The van der Waals surface area contributed by atoms with Crippen LogP contribution in [0.3, 0.4) is 0 Å². The lowest BCUT2D eigenvalue weighted by atomic mass is 11.4. The maximum atomic E-state index is 3.53. The van der Waals surface area contributed by atoms with Gasteiger partial charge in [-0.1, -0.05) is 0 Å². The average Bonchev–Trinajstić information content (AvgIpc) is 2.14. The van der Waals surface area contributed by atoms with Crippen LogP contribution in [0.4, 0.5) is 0 Å². The maximum absolute atomic E-state index is 3.53. The third-order valence-electron chi connectivity index (χ3n) is 0.483. The Hall–Kier alpha value is -0.580. The van der Waals surface area contributed by atoms with E-state index in [4.69, 9.17) is 0 Å². The van der Waals surface area contributed by atoms with Gasteiger partial charge in [0.2, 0.25) is 0 Å². The molecule has 0 N–H and O–H groups in total. The zero-order valence-electron chi connectivity index (χ0n) is 3.70. The number of thioether (sulfide) groups is 1. The summed E-state index contributed by atoms with van der Waals surface area (Å²) < 4.78 is 0. The molecular weight excluding hydrogens is 112 g/mol. The minimum absolute atomic E-state index is 0.625. The predicted molar refractivity (Wildman–Crippen MR) is 24.9 cm³/mol. The molecular formula is C2H3N4S-. The molecule has 1 aromatic rings. The van der Waals surface area contributed by atoms with Crippen molar-refractivity contribution in [2.45, 2.75) is 5.16 Å². The fraction of sp³-hybridized carbons (Fsp3) is 0.500. The summed E-state index contributed by atoms with van der Waals surface area (Å²) in [7, 11) is 0. The second kappa shape index (κ2) is 1.92. The topological polar surface area (TPSA) is 52.8 Å². The average molecular weight is 115 g/mol. The molecule has 0 aliphatic rings. The Kier molecular flexibility index (Phi) is 1.26. The zero-order valence-corrected chi connectivity index (χ0v) is 4.51. The van der Waals surface area contributed by atoms with Gasteiger partial charge >= 0.3 is 0 Å². The first kappa shape index (κ1) is 4.58. The molecule has 0 saturated carbocycles. The van der Waals surface area contributed by atoms with Crippen molar-refractivity contribution in [3.63, 3.8) is 0 Å². The van der Waals surface area contributed by atoms with E-state index in [1.165, 1.54) is 11.8 Å². The first-order valence-electron chi connectivity index (χ1n) is 1.66. The van der Waals surface area contributed by atoms with Crippen molar-refractivity contribution in [2.24, 2.45) is 0 Å². The third kappa shape index (κ3) is 0.894. The van der Waals surface area contributed by atoms with Crippen LogP contribution in [-0.4, -0.2) is 21.8 Å². The smallest absolute Gasteiger partial charge is 0.0657 e. The van der Waals surface area contributed by atoms with Gasteiger partial charge < -0.3 is 5.10 Å². The number of hydrogen-bond donors (Lipinski definition) is 0. The fourth-order valence-corrected chi connectivity index (χ4v) is 0.454. The standard InChI is InChI=1S/C2H3N4S/c1-7-2-3-5-6-4-2/h1H3/q-1. The summed E-state index contributed by atoms with van der Waals surface area (Å²) in [5.74, 6) is 0. The lowest BCUT2D eigenvalue weighted by Crippen LogP contribution is -1.73. The summed E-state index contributed by atoms with van der Waals surface area (Å²) in [5.41, 5.74) is 0. The van der Waals surface area contributed by atoms with E-state index < -0.39 is 0 Å². The Labute approximate surface area is 44.7 Å². The zero-order chi connectivity index (χ0) is 5.11. The largest absolute Gasteiger partial charge is 0.325 e. The molecule has 5 heteroatoms. The highest BCUT2D eigenvalue weighted by atomic mass is 32.2. The van der Waals surface area contributed by atoms with Gasteiger partial charge in [0.25, 0.3) is 0 Å². The quantitative estimate of drug-likeness (QED) is 0.464. The van der Waals surface area contributed by atoms with Gasteiger partial charge in [-0.05, 0) is 6.26 Å². The number of aromatic nitrogens is 4. The Bertz CT molecular complexity index is 124. The summed E-state index contributed by atoms with van der Waals surface area (Å²) in [6.45, 7) is 0. The summed E-state index contributed by atoms with van der Waals surface area (Å²) >= 11 is 1.43. The molecule has 0 aliphatic heterocycles. The SMILES string of the molecule is CSc1nnn[n-]1. The summed E-state index contributed by atoms with van der Waals surface area (Å²) in [5, 5.41) is 14.2. The third-order valence-corrected chi connectivity index (χ3v) is 1.01. The predicted octanol–water partition coefficient (Wildman–Crippen LogP) is -0.449. The maximum Gasteiger partial charge on any atom is 0.0657 e. The van der Waals surface area contributed by atoms with Gasteiger partial charge in [0.1, 0.15) is 0 Å². The van der Waals surface area contributed by atoms with Gasteiger partial charge in [0, 0.05) is 0 Å². The van der Waals surface area contributed by atoms with Gasteiger partial charge in [-0.2, -0.15) is 5.21 Å². The normalized spacial score (nSPS) is 9.29. The van der Waals surface area contributed by atoms with E-state index in [9.17, 15) is 0 Å². The Balaban J connectivity index is 2.76.